The first-order chi connectivity index (χ1) is 9.81. The molecule has 1 fully saturated rings. The molecular formula is C14H20N6. The van der Waals surface area contributed by atoms with E-state index in [0.29, 0.717) is 12.0 Å². The van der Waals surface area contributed by atoms with Crippen LogP contribution in [0.5, 0.6) is 0 Å². The van der Waals surface area contributed by atoms with Gasteiger partial charge < -0.3 is 11.1 Å². The highest BCUT2D eigenvalue weighted by atomic mass is 15.3. The lowest BCUT2D eigenvalue weighted by molar-refractivity contribution is 0.384. The topological polar surface area (TPSA) is 81.1 Å². The first-order valence-corrected chi connectivity index (χ1v) is 7.51. The molecule has 2 aliphatic rings. The highest BCUT2D eigenvalue weighted by Crippen LogP contribution is 2.30. The van der Waals surface area contributed by atoms with E-state index in [9.17, 15) is 0 Å². The molecule has 0 spiro atoms. The number of nitrogens with one attached hydrogen (secondary N) is 1. The van der Waals surface area contributed by atoms with Crippen molar-refractivity contribution < 1.29 is 0 Å². The molecule has 0 unspecified atom stereocenters. The van der Waals surface area contributed by atoms with Crippen molar-refractivity contribution in [3.05, 3.63) is 23.3 Å². The van der Waals surface area contributed by atoms with Crippen molar-refractivity contribution in [3.63, 3.8) is 0 Å². The van der Waals surface area contributed by atoms with Crippen LogP contribution in [0.2, 0.25) is 0 Å². The van der Waals surface area contributed by atoms with E-state index in [0.717, 1.165) is 56.8 Å². The van der Waals surface area contributed by atoms with Crippen molar-refractivity contribution in [2.45, 2.75) is 50.6 Å². The van der Waals surface area contributed by atoms with Crippen LogP contribution in [0.15, 0.2) is 6.20 Å². The van der Waals surface area contributed by atoms with Gasteiger partial charge in [-0.25, -0.2) is 9.50 Å². The molecule has 6 heteroatoms. The highest BCUT2D eigenvalue weighted by molar-refractivity contribution is 5.34. The minimum Gasteiger partial charge on any atom is -0.328 e. The van der Waals surface area contributed by atoms with Crippen LogP contribution in [0, 0.1) is 0 Å². The molecule has 0 atom stereocenters. The number of fused-ring (bicyclic) bond motifs is 3. The third-order valence-corrected chi connectivity index (χ3v) is 4.56. The maximum Gasteiger partial charge on any atom is 0.252 e. The second kappa shape index (κ2) is 4.79. The molecular weight excluding hydrogens is 252 g/mol. The maximum atomic E-state index is 5.98. The zero-order valence-electron chi connectivity index (χ0n) is 11.5. The molecule has 20 heavy (non-hydrogen) atoms. The third kappa shape index (κ3) is 1.99. The summed E-state index contributed by atoms with van der Waals surface area (Å²) in [5.41, 5.74) is 8.48. The normalized spacial score (nSPS) is 26.6. The lowest BCUT2D eigenvalue weighted by atomic mass is 9.86. The van der Waals surface area contributed by atoms with E-state index in [4.69, 9.17) is 10.8 Å². The predicted molar refractivity (Wildman–Crippen MR) is 75.4 cm³/mol. The van der Waals surface area contributed by atoms with Crippen molar-refractivity contribution in [2.75, 3.05) is 6.54 Å². The molecule has 3 N–H and O–H groups in total. The van der Waals surface area contributed by atoms with Crippen LogP contribution in [0.25, 0.3) is 5.78 Å². The van der Waals surface area contributed by atoms with Crippen molar-refractivity contribution in [3.8, 4) is 0 Å². The summed E-state index contributed by atoms with van der Waals surface area (Å²) in [4.78, 5) is 9.10. The van der Waals surface area contributed by atoms with Crippen molar-refractivity contribution >= 4 is 5.78 Å². The van der Waals surface area contributed by atoms with Gasteiger partial charge in [-0.3, -0.25) is 0 Å². The Morgan fingerprint density at radius 1 is 1.25 bits per heavy atom. The minimum absolute atomic E-state index is 0.361. The Hall–Kier alpha value is -1.53. The first-order valence-electron chi connectivity index (χ1n) is 7.51. The van der Waals surface area contributed by atoms with E-state index in [1.165, 1.54) is 11.3 Å². The zero-order chi connectivity index (χ0) is 13.5. The summed E-state index contributed by atoms with van der Waals surface area (Å²) < 4.78 is 1.96. The van der Waals surface area contributed by atoms with Gasteiger partial charge in [0.2, 0.25) is 0 Å². The third-order valence-electron chi connectivity index (χ3n) is 4.56. The van der Waals surface area contributed by atoms with Crippen LogP contribution >= 0.6 is 0 Å². The molecule has 0 amide bonds. The van der Waals surface area contributed by atoms with E-state index < -0.39 is 0 Å². The molecule has 2 aromatic heterocycles. The van der Waals surface area contributed by atoms with Gasteiger partial charge in [-0.15, -0.1) is 5.10 Å². The van der Waals surface area contributed by atoms with Crippen molar-refractivity contribution in [1.29, 1.82) is 0 Å². The first kappa shape index (κ1) is 12.2. The van der Waals surface area contributed by atoms with Crippen molar-refractivity contribution in [2.24, 2.45) is 5.73 Å². The average molecular weight is 272 g/mol. The summed E-state index contributed by atoms with van der Waals surface area (Å²) >= 11 is 0. The molecule has 0 saturated heterocycles. The fourth-order valence-corrected chi connectivity index (χ4v) is 3.32. The molecule has 0 aromatic carbocycles. The number of nitrogens with two attached hydrogens (primary N) is 1. The van der Waals surface area contributed by atoms with E-state index in [1.807, 2.05) is 10.7 Å². The maximum absolute atomic E-state index is 5.98. The second-order valence-electron chi connectivity index (χ2n) is 5.95. The molecule has 6 nitrogen and oxygen atoms in total. The molecule has 1 aliphatic carbocycles. The Bertz CT molecular complexity index is 626. The van der Waals surface area contributed by atoms with E-state index >= 15 is 0 Å². The molecule has 106 valence electrons. The number of aromatic nitrogens is 4. The molecule has 1 aliphatic heterocycles. The van der Waals surface area contributed by atoms with Crippen LogP contribution in [-0.4, -0.2) is 32.2 Å². The van der Waals surface area contributed by atoms with Gasteiger partial charge >= 0.3 is 0 Å². The van der Waals surface area contributed by atoms with Crippen LogP contribution < -0.4 is 11.1 Å². The Morgan fingerprint density at radius 3 is 2.95 bits per heavy atom. The number of nitrogens with zero attached hydrogens (tertiary/aromatic N) is 4. The second-order valence-corrected chi connectivity index (χ2v) is 5.95. The predicted octanol–water partition coefficient (Wildman–Crippen LogP) is 0.755. The summed E-state index contributed by atoms with van der Waals surface area (Å²) in [6, 6.07) is 0.361. The zero-order valence-corrected chi connectivity index (χ0v) is 11.5. The Balaban J connectivity index is 1.72. The molecule has 1 saturated carbocycles. The summed E-state index contributed by atoms with van der Waals surface area (Å²) in [6.07, 6.45) is 7.29. The fourth-order valence-electron chi connectivity index (χ4n) is 3.32. The van der Waals surface area contributed by atoms with Gasteiger partial charge in [0.15, 0.2) is 5.82 Å². The van der Waals surface area contributed by atoms with Crippen LogP contribution in [0.3, 0.4) is 0 Å². The van der Waals surface area contributed by atoms with E-state index in [-0.39, 0.29) is 0 Å². The summed E-state index contributed by atoms with van der Waals surface area (Å²) in [5, 5.41) is 8.11. The van der Waals surface area contributed by atoms with Gasteiger partial charge in [-0.05, 0) is 25.7 Å². The summed E-state index contributed by atoms with van der Waals surface area (Å²) in [7, 11) is 0. The Morgan fingerprint density at radius 2 is 2.10 bits per heavy atom. The van der Waals surface area contributed by atoms with Gasteiger partial charge in [0.05, 0.1) is 5.69 Å². The lowest BCUT2D eigenvalue weighted by Crippen LogP contribution is -2.26. The molecule has 0 bridgehead atoms. The van der Waals surface area contributed by atoms with Gasteiger partial charge in [-0.2, -0.15) is 4.98 Å². The van der Waals surface area contributed by atoms with Crippen molar-refractivity contribution in [1.82, 2.24) is 24.9 Å². The van der Waals surface area contributed by atoms with Gasteiger partial charge in [0.1, 0.15) is 0 Å². The standard InChI is InChI=1S/C14H20N6/c15-11-3-1-9(2-4-11)13-18-14-17-8-10-7-16-6-5-12(10)20(14)19-13/h8-9,11,16H,1-7,15H2. The Labute approximate surface area is 117 Å². The number of hydrogen-bond donors (Lipinski definition) is 2. The molecule has 3 heterocycles. The average Bonchev–Trinajstić information content (AvgIpc) is 2.92. The number of hydrogen-bond acceptors (Lipinski definition) is 5. The van der Waals surface area contributed by atoms with E-state index in [2.05, 4.69) is 15.3 Å². The number of rotatable bonds is 1. The molecule has 0 radical (unpaired) electrons. The van der Waals surface area contributed by atoms with E-state index in [1.54, 1.807) is 0 Å². The van der Waals surface area contributed by atoms with Gasteiger partial charge in [0, 0.05) is 43.2 Å². The molecule has 2 aromatic rings. The molecule has 4 rings (SSSR count). The van der Waals surface area contributed by atoms with Gasteiger partial charge in [-0.1, -0.05) is 0 Å². The summed E-state index contributed by atoms with van der Waals surface area (Å²) in [5.74, 6) is 2.15. The summed E-state index contributed by atoms with van der Waals surface area (Å²) in [6.45, 7) is 1.88. The SMILES string of the molecule is NC1CCC(c2nc3ncc4c(n3n2)CCNC4)CC1. The largest absolute Gasteiger partial charge is 0.328 e. The quantitative estimate of drug-likeness (QED) is 0.801. The highest BCUT2D eigenvalue weighted by Gasteiger charge is 2.24. The fraction of sp³-hybridized carbons (Fsp3) is 0.643. The minimum atomic E-state index is 0.361. The monoisotopic (exact) mass is 272 g/mol. The smallest absolute Gasteiger partial charge is 0.252 e. The van der Waals surface area contributed by atoms with Crippen LogP contribution in [0.4, 0.5) is 0 Å². The lowest BCUT2D eigenvalue weighted by Gasteiger charge is -2.23. The van der Waals surface area contributed by atoms with Crippen LogP contribution in [0.1, 0.15) is 48.7 Å². The van der Waals surface area contributed by atoms with Crippen LogP contribution in [-0.2, 0) is 13.0 Å². The Kier molecular flexibility index (Phi) is 2.93. The van der Waals surface area contributed by atoms with Gasteiger partial charge in [0.25, 0.3) is 5.78 Å².